The maximum absolute atomic E-state index is 12.2. The smallest absolute Gasteiger partial charge is 0.313 e. The summed E-state index contributed by atoms with van der Waals surface area (Å²) in [5, 5.41) is 7.69. The Bertz CT molecular complexity index is 840. The first-order valence-electron chi connectivity index (χ1n) is 7.53. The van der Waals surface area contributed by atoms with Gasteiger partial charge in [0.25, 0.3) is 11.8 Å². The first kappa shape index (κ1) is 14.5. The quantitative estimate of drug-likeness (QED) is 0.681. The number of benzene rings is 1. The molecule has 3 aromatic rings. The fourth-order valence-electron chi connectivity index (χ4n) is 2.54. The van der Waals surface area contributed by atoms with E-state index in [2.05, 4.69) is 10.2 Å². The highest BCUT2D eigenvalue weighted by Crippen LogP contribution is 2.27. The Labute approximate surface area is 137 Å². The van der Waals surface area contributed by atoms with Crippen LogP contribution in [-0.4, -0.2) is 22.8 Å². The van der Waals surface area contributed by atoms with Gasteiger partial charge in [-0.25, -0.2) is 0 Å². The zero-order valence-electron chi connectivity index (χ0n) is 12.7. The minimum Gasteiger partial charge on any atom is -0.492 e. The number of fused-ring (bicyclic) bond motifs is 1. The van der Waals surface area contributed by atoms with Crippen molar-refractivity contribution in [2.24, 2.45) is 5.92 Å². The summed E-state index contributed by atoms with van der Waals surface area (Å²) in [6.07, 6.45) is 2.11. The van der Waals surface area contributed by atoms with Crippen molar-refractivity contribution in [3.8, 4) is 17.4 Å². The van der Waals surface area contributed by atoms with Gasteiger partial charge in [0.05, 0.1) is 12.2 Å². The standard InChI is InChI=1S/C17H14N2O5/c20-17(12-8-11-4-1-2-5-13(11)22-9-12)23-10-15-18-19-16(24-15)14-6-3-7-21-14/h1-7,12H,8-10H2/t12-/m1/s1. The van der Waals surface area contributed by atoms with Gasteiger partial charge in [-0.2, -0.15) is 0 Å². The van der Waals surface area contributed by atoms with E-state index in [1.54, 1.807) is 12.1 Å². The molecule has 2 aromatic heterocycles. The summed E-state index contributed by atoms with van der Waals surface area (Å²) in [7, 11) is 0. The molecular formula is C17H14N2O5. The second-order valence-corrected chi connectivity index (χ2v) is 5.41. The first-order valence-corrected chi connectivity index (χ1v) is 7.53. The normalized spacial score (nSPS) is 16.2. The molecule has 7 nitrogen and oxygen atoms in total. The molecule has 0 saturated heterocycles. The summed E-state index contributed by atoms with van der Waals surface area (Å²) < 4.78 is 21.4. The summed E-state index contributed by atoms with van der Waals surface area (Å²) in [6.45, 7) is 0.224. The Hall–Kier alpha value is -3.09. The van der Waals surface area contributed by atoms with Gasteiger partial charge >= 0.3 is 5.97 Å². The summed E-state index contributed by atoms with van der Waals surface area (Å²) in [4.78, 5) is 12.2. The van der Waals surface area contributed by atoms with E-state index >= 15 is 0 Å². The van der Waals surface area contributed by atoms with Gasteiger partial charge in [0.15, 0.2) is 12.4 Å². The topological polar surface area (TPSA) is 87.6 Å². The largest absolute Gasteiger partial charge is 0.492 e. The van der Waals surface area contributed by atoms with Crippen molar-refractivity contribution in [1.82, 2.24) is 10.2 Å². The van der Waals surface area contributed by atoms with E-state index in [1.165, 1.54) is 6.26 Å². The van der Waals surface area contributed by atoms with Crippen LogP contribution in [0, 0.1) is 5.92 Å². The highest BCUT2D eigenvalue weighted by Gasteiger charge is 2.27. The Kier molecular flexibility index (Phi) is 3.74. The van der Waals surface area contributed by atoms with Crippen LogP contribution in [0.4, 0.5) is 0 Å². The van der Waals surface area contributed by atoms with Gasteiger partial charge in [-0.15, -0.1) is 10.2 Å². The lowest BCUT2D eigenvalue weighted by Gasteiger charge is -2.23. The molecule has 122 valence electrons. The maximum atomic E-state index is 12.2. The number of nitrogens with zero attached hydrogens (tertiary/aromatic N) is 2. The predicted molar refractivity (Wildman–Crippen MR) is 80.9 cm³/mol. The van der Waals surface area contributed by atoms with Crippen molar-refractivity contribution < 1.29 is 23.1 Å². The average Bonchev–Trinajstić information content (AvgIpc) is 3.30. The van der Waals surface area contributed by atoms with Crippen LogP contribution < -0.4 is 4.74 Å². The molecule has 0 spiro atoms. The number of hydrogen-bond acceptors (Lipinski definition) is 7. The fourth-order valence-corrected chi connectivity index (χ4v) is 2.54. The lowest BCUT2D eigenvalue weighted by atomic mass is 9.97. The monoisotopic (exact) mass is 326 g/mol. The number of furan rings is 1. The number of para-hydroxylation sites is 1. The second-order valence-electron chi connectivity index (χ2n) is 5.41. The summed E-state index contributed by atoms with van der Waals surface area (Å²) >= 11 is 0. The maximum Gasteiger partial charge on any atom is 0.313 e. The van der Waals surface area contributed by atoms with Crippen LogP contribution in [0.15, 0.2) is 51.5 Å². The number of aromatic nitrogens is 2. The number of carbonyl (C=O) groups is 1. The van der Waals surface area contributed by atoms with Crippen molar-refractivity contribution in [2.75, 3.05) is 6.61 Å². The van der Waals surface area contributed by atoms with E-state index in [0.29, 0.717) is 18.8 Å². The van der Waals surface area contributed by atoms with Crippen LogP contribution in [0.5, 0.6) is 5.75 Å². The zero-order chi connectivity index (χ0) is 16.4. The number of esters is 1. The number of ether oxygens (including phenoxy) is 2. The second kappa shape index (κ2) is 6.19. The lowest BCUT2D eigenvalue weighted by Crippen LogP contribution is -2.29. The Morgan fingerprint density at radius 1 is 1.21 bits per heavy atom. The van der Waals surface area contributed by atoms with Gasteiger partial charge in [0.1, 0.15) is 12.4 Å². The van der Waals surface area contributed by atoms with Gasteiger partial charge in [-0.1, -0.05) is 18.2 Å². The first-order chi connectivity index (χ1) is 11.8. The minimum atomic E-state index is -0.345. The van der Waals surface area contributed by atoms with Crippen LogP contribution in [0.3, 0.4) is 0 Å². The van der Waals surface area contributed by atoms with E-state index in [0.717, 1.165) is 11.3 Å². The zero-order valence-corrected chi connectivity index (χ0v) is 12.7. The van der Waals surface area contributed by atoms with E-state index in [-0.39, 0.29) is 30.3 Å². The van der Waals surface area contributed by atoms with Crippen molar-refractivity contribution in [1.29, 1.82) is 0 Å². The minimum absolute atomic E-state index is 0.0787. The molecule has 0 saturated carbocycles. The van der Waals surface area contributed by atoms with Crippen LogP contribution >= 0.6 is 0 Å². The number of hydrogen-bond donors (Lipinski definition) is 0. The molecule has 0 unspecified atom stereocenters. The highest BCUT2D eigenvalue weighted by atomic mass is 16.5. The van der Waals surface area contributed by atoms with Gasteiger partial charge < -0.3 is 18.3 Å². The van der Waals surface area contributed by atoms with E-state index in [4.69, 9.17) is 18.3 Å². The number of carbonyl (C=O) groups excluding carboxylic acids is 1. The third kappa shape index (κ3) is 2.88. The van der Waals surface area contributed by atoms with E-state index in [1.807, 2.05) is 24.3 Å². The SMILES string of the molecule is O=C(OCc1nnc(-c2ccco2)o1)[C@H]1COc2ccccc2C1. The molecule has 0 radical (unpaired) electrons. The Balaban J connectivity index is 1.36. The van der Waals surface area contributed by atoms with E-state index in [9.17, 15) is 4.79 Å². The summed E-state index contributed by atoms with van der Waals surface area (Å²) in [5.74, 6) is 1.07. The highest BCUT2D eigenvalue weighted by molar-refractivity contribution is 5.73. The molecule has 1 aromatic carbocycles. The Morgan fingerprint density at radius 3 is 3.00 bits per heavy atom. The average molecular weight is 326 g/mol. The third-order valence-electron chi connectivity index (χ3n) is 3.75. The lowest BCUT2D eigenvalue weighted by molar-refractivity contribution is -0.152. The molecule has 7 heteroatoms. The third-order valence-corrected chi connectivity index (χ3v) is 3.75. The van der Waals surface area contributed by atoms with E-state index < -0.39 is 0 Å². The molecule has 24 heavy (non-hydrogen) atoms. The summed E-state index contributed by atoms with van der Waals surface area (Å²) in [5.41, 5.74) is 1.00. The molecule has 3 heterocycles. The Morgan fingerprint density at radius 2 is 2.12 bits per heavy atom. The molecule has 4 rings (SSSR count). The molecular weight excluding hydrogens is 312 g/mol. The van der Waals surface area contributed by atoms with Gasteiger partial charge in [0.2, 0.25) is 0 Å². The molecule has 1 atom stereocenters. The van der Waals surface area contributed by atoms with Crippen molar-refractivity contribution >= 4 is 5.97 Å². The molecule has 0 amide bonds. The molecule has 0 fully saturated rings. The molecule has 1 aliphatic heterocycles. The predicted octanol–water partition coefficient (Wildman–Crippen LogP) is 2.62. The number of rotatable bonds is 4. The van der Waals surface area contributed by atoms with Gasteiger partial charge in [-0.05, 0) is 30.2 Å². The van der Waals surface area contributed by atoms with Crippen molar-refractivity contribution in [3.05, 3.63) is 54.1 Å². The van der Waals surface area contributed by atoms with Crippen LogP contribution in [0.1, 0.15) is 11.5 Å². The molecule has 1 aliphatic rings. The fraction of sp³-hybridized carbons (Fsp3) is 0.235. The van der Waals surface area contributed by atoms with Crippen LogP contribution in [-0.2, 0) is 22.6 Å². The van der Waals surface area contributed by atoms with Crippen molar-refractivity contribution in [3.63, 3.8) is 0 Å². The van der Waals surface area contributed by atoms with Gasteiger partial charge in [0, 0.05) is 0 Å². The molecule has 0 bridgehead atoms. The van der Waals surface area contributed by atoms with Crippen molar-refractivity contribution in [2.45, 2.75) is 13.0 Å². The van der Waals surface area contributed by atoms with Gasteiger partial charge in [-0.3, -0.25) is 4.79 Å². The molecule has 0 aliphatic carbocycles. The van der Waals surface area contributed by atoms with Crippen LogP contribution in [0.25, 0.3) is 11.7 Å². The summed E-state index contributed by atoms with van der Waals surface area (Å²) in [6, 6.07) is 11.1. The molecule has 0 N–H and O–H groups in total. The van der Waals surface area contributed by atoms with Crippen LogP contribution in [0.2, 0.25) is 0 Å².